The molecule has 3 aliphatic heterocycles. The summed E-state index contributed by atoms with van der Waals surface area (Å²) in [5, 5.41) is 6.01. The number of nitrogens with two attached hydrogens (primary N) is 1. The van der Waals surface area contributed by atoms with Crippen molar-refractivity contribution in [2.24, 2.45) is 5.92 Å². The number of hydrogen-bond donors (Lipinski definition) is 1. The number of nitrogen functional groups attached to an aromatic ring is 1. The first-order valence-corrected chi connectivity index (χ1v) is 20.0. The minimum Gasteiger partial charge on any atom is -0.457 e. The normalized spacial score (nSPS) is 19.5. The molecule has 11 heteroatoms. The fourth-order valence-corrected chi connectivity index (χ4v) is 8.62. The third-order valence-electron chi connectivity index (χ3n) is 11.5. The van der Waals surface area contributed by atoms with E-state index < -0.39 is 5.60 Å². The van der Waals surface area contributed by atoms with Gasteiger partial charge in [0, 0.05) is 43.5 Å². The maximum absolute atomic E-state index is 12.5. The molecule has 0 spiro atoms. The summed E-state index contributed by atoms with van der Waals surface area (Å²) in [6, 6.07) is 26.5. The molecule has 0 saturated carbocycles. The second kappa shape index (κ2) is 16.0. The average Bonchev–Trinajstić information content (AvgIpc) is 3.60. The lowest BCUT2D eigenvalue weighted by atomic mass is 9.93. The lowest BCUT2D eigenvalue weighted by molar-refractivity contribution is 0.00695. The first kappa shape index (κ1) is 36.9. The highest BCUT2D eigenvalue weighted by atomic mass is 16.6. The summed E-state index contributed by atoms with van der Waals surface area (Å²) in [6.07, 6.45) is 8.55. The Kier molecular flexibility index (Phi) is 10.7. The molecule has 288 valence electrons. The van der Waals surface area contributed by atoms with Crippen molar-refractivity contribution < 1.29 is 14.3 Å². The Morgan fingerprint density at radius 1 is 0.800 bits per heavy atom. The molecule has 8 rings (SSSR count). The van der Waals surface area contributed by atoms with Crippen molar-refractivity contribution >= 4 is 28.5 Å². The minimum absolute atomic E-state index is 0.219. The highest BCUT2D eigenvalue weighted by Crippen LogP contribution is 2.36. The van der Waals surface area contributed by atoms with E-state index in [1.807, 2.05) is 87.5 Å². The minimum atomic E-state index is -0.494. The van der Waals surface area contributed by atoms with Crippen molar-refractivity contribution in [1.29, 1.82) is 0 Å². The first-order chi connectivity index (χ1) is 26.7. The van der Waals surface area contributed by atoms with Gasteiger partial charge in [-0.3, -0.25) is 4.90 Å². The summed E-state index contributed by atoms with van der Waals surface area (Å²) >= 11 is 0. The number of fused-ring (bicyclic) bond motifs is 1. The number of likely N-dealkylation sites (tertiary alicyclic amines) is 2. The van der Waals surface area contributed by atoms with Crippen LogP contribution < -0.4 is 15.4 Å². The summed E-state index contributed by atoms with van der Waals surface area (Å²) < 4.78 is 13.7. The van der Waals surface area contributed by atoms with Gasteiger partial charge >= 0.3 is 5.97 Å². The van der Waals surface area contributed by atoms with Gasteiger partial charge in [0.15, 0.2) is 5.65 Å². The average molecular weight is 743 g/mol. The molecule has 3 aliphatic rings. The molecule has 0 bridgehead atoms. The van der Waals surface area contributed by atoms with Crippen molar-refractivity contribution in [1.82, 2.24) is 29.5 Å². The van der Waals surface area contributed by atoms with Gasteiger partial charge in [-0.15, -0.1) is 0 Å². The van der Waals surface area contributed by atoms with Crippen LogP contribution in [-0.2, 0) is 4.74 Å². The number of esters is 1. The van der Waals surface area contributed by atoms with E-state index in [0.717, 1.165) is 91.8 Å². The lowest BCUT2D eigenvalue weighted by Crippen LogP contribution is -2.50. The number of aromatic nitrogens is 4. The number of anilines is 2. The molecule has 0 radical (unpaired) electrons. The van der Waals surface area contributed by atoms with Crippen LogP contribution in [0.5, 0.6) is 11.5 Å². The highest BCUT2D eigenvalue weighted by molar-refractivity contribution is 5.98. The van der Waals surface area contributed by atoms with Gasteiger partial charge in [0.05, 0.1) is 17.0 Å². The molecule has 1 unspecified atom stereocenters. The predicted molar refractivity (Wildman–Crippen MR) is 218 cm³/mol. The van der Waals surface area contributed by atoms with Crippen LogP contribution in [0.2, 0.25) is 0 Å². The van der Waals surface area contributed by atoms with Crippen LogP contribution in [0.1, 0.15) is 75.7 Å². The fourth-order valence-electron chi connectivity index (χ4n) is 8.62. The number of benzene rings is 3. The third kappa shape index (κ3) is 8.63. The van der Waals surface area contributed by atoms with Crippen LogP contribution in [0.4, 0.5) is 11.5 Å². The second-order valence-corrected chi connectivity index (χ2v) is 16.5. The number of carbonyl (C=O) groups is 1. The molecule has 1 atom stereocenters. The summed E-state index contributed by atoms with van der Waals surface area (Å²) in [5.41, 5.74) is 10.4. The molecule has 55 heavy (non-hydrogen) atoms. The zero-order valence-electron chi connectivity index (χ0n) is 32.4. The fraction of sp³-hybridized carbons (Fsp3) is 0.455. The van der Waals surface area contributed by atoms with Gasteiger partial charge in [0.1, 0.15) is 34.9 Å². The Bertz CT molecular complexity index is 2050. The molecule has 3 saturated heterocycles. The second-order valence-electron chi connectivity index (χ2n) is 16.5. The van der Waals surface area contributed by atoms with E-state index >= 15 is 0 Å². The Balaban J connectivity index is 0.847. The smallest absolute Gasteiger partial charge is 0.338 e. The summed E-state index contributed by atoms with van der Waals surface area (Å²) in [7, 11) is 0. The standard InChI is InChI=1S/C44H54N8O3/c1-44(2,3)55-43(53)33-11-15-34(16-12-33)50-26-19-31(20-27-50)28-49-24-21-35(22-25-49)51-23-7-8-36(29-51)52-42-39(41(45)46-30-47-42)40(48-52)32-13-17-38(18-14-32)54-37-9-5-4-6-10-37/h4-6,9-18,30-31,35-36H,7-8,19-29H2,1-3H3,(H2,45,46,47). The SMILES string of the molecule is CC(C)(C)OC(=O)c1ccc(N2CCC(CN3CCC(N4CCCC(n5nc(-c6ccc(Oc7ccccc7)cc6)c6c(N)ncnc65)C4)CC3)CC2)cc1. The molecule has 5 aromatic rings. The Hall–Kier alpha value is -5.00. The van der Waals surface area contributed by atoms with Crippen LogP contribution >= 0.6 is 0 Å². The number of ether oxygens (including phenoxy) is 2. The Morgan fingerprint density at radius 3 is 2.22 bits per heavy atom. The van der Waals surface area contributed by atoms with Gasteiger partial charge in [-0.1, -0.05) is 18.2 Å². The van der Waals surface area contributed by atoms with Gasteiger partial charge in [-0.2, -0.15) is 5.10 Å². The predicted octanol–water partition coefficient (Wildman–Crippen LogP) is 7.84. The van der Waals surface area contributed by atoms with Crippen molar-refractivity contribution in [3.8, 4) is 22.8 Å². The number of para-hydroxylation sites is 1. The van der Waals surface area contributed by atoms with E-state index in [1.54, 1.807) is 6.33 Å². The van der Waals surface area contributed by atoms with Gasteiger partial charge in [0.2, 0.25) is 0 Å². The van der Waals surface area contributed by atoms with Crippen LogP contribution in [0, 0.1) is 5.92 Å². The van der Waals surface area contributed by atoms with E-state index in [4.69, 9.17) is 25.3 Å². The number of carbonyl (C=O) groups excluding carboxylic acids is 1. The molecule has 0 amide bonds. The van der Waals surface area contributed by atoms with Crippen molar-refractivity contribution in [2.45, 2.75) is 77.0 Å². The van der Waals surface area contributed by atoms with E-state index in [2.05, 4.69) is 36.5 Å². The molecule has 3 aromatic carbocycles. The van der Waals surface area contributed by atoms with Crippen LogP contribution in [0.25, 0.3) is 22.3 Å². The quantitative estimate of drug-likeness (QED) is 0.150. The van der Waals surface area contributed by atoms with E-state index in [-0.39, 0.29) is 12.0 Å². The molecular weight excluding hydrogens is 689 g/mol. The van der Waals surface area contributed by atoms with E-state index in [9.17, 15) is 4.79 Å². The maximum Gasteiger partial charge on any atom is 0.338 e. The molecule has 2 aromatic heterocycles. The largest absolute Gasteiger partial charge is 0.457 e. The highest BCUT2D eigenvalue weighted by Gasteiger charge is 2.33. The van der Waals surface area contributed by atoms with Crippen molar-refractivity contribution in [3.63, 3.8) is 0 Å². The first-order valence-electron chi connectivity index (χ1n) is 20.0. The topological polar surface area (TPSA) is 115 Å². The summed E-state index contributed by atoms with van der Waals surface area (Å²) in [5.74, 6) is 2.47. The van der Waals surface area contributed by atoms with Gasteiger partial charge in [0.25, 0.3) is 0 Å². The third-order valence-corrected chi connectivity index (χ3v) is 11.5. The Labute approximate surface area is 324 Å². The van der Waals surface area contributed by atoms with Crippen molar-refractivity contribution in [3.05, 3.63) is 90.8 Å². The summed E-state index contributed by atoms with van der Waals surface area (Å²) in [4.78, 5) is 29.4. The summed E-state index contributed by atoms with van der Waals surface area (Å²) in [6.45, 7) is 13.4. The number of piperidine rings is 3. The molecular formula is C44H54N8O3. The molecule has 3 fully saturated rings. The zero-order valence-corrected chi connectivity index (χ0v) is 32.4. The van der Waals surface area contributed by atoms with Crippen LogP contribution in [-0.4, -0.2) is 93.0 Å². The van der Waals surface area contributed by atoms with Gasteiger partial charge in [-0.05, 0) is 146 Å². The monoisotopic (exact) mass is 742 g/mol. The number of rotatable bonds is 9. The zero-order chi connectivity index (χ0) is 37.9. The van der Waals surface area contributed by atoms with E-state index in [1.165, 1.54) is 37.9 Å². The molecule has 2 N–H and O–H groups in total. The molecule has 11 nitrogen and oxygen atoms in total. The van der Waals surface area contributed by atoms with E-state index in [0.29, 0.717) is 17.4 Å². The van der Waals surface area contributed by atoms with Crippen LogP contribution in [0.15, 0.2) is 85.2 Å². The number of hydrogen-bond acceptors (Lipinski definition) is 10. The lowest BCUT2D eigenvalue weighted by Gasteiger charge is -2.43. The van der Waals surface area contributed by atoms with Gasteiger partial charge < -0.3 is 25.0 Å². The Morgan fingerprint density at radius 2 is 1.51 bits per heavy atom. The van der Waals surface area contributed by atoms with Crippen molar-refractivity contribution in [2.75, 3.05) is 56.4 Å². The maximum atomic E-state index is 12.5. The number of nitrogens with zero attached hydrogens (tertiary/aromatic N) is 7. The molecule has 5 heterocycles. The molecule has 0 aliphatic carbocycles. The van der Waals surface area contributed by atoms with Gasteiger partial charge in [-0.25, -0.2) is 19.4 Å². The van der Waals surface area contributed by atoms with Crippen LogP contribution in [0.3, 0.4) is 0 Å².